The number of hydrogen-bond acceptors (Lipinski definition) is 4. The molecule has 1 aromatic carbocycles. The van der Waals surface area contributed by atoms with Crippen molar-refractivity contribution in [3.8, 4) is 0 Å². The number of nitrogens with zero attached hydrogens (tertiary/aromatic N) is 1. The third-order valence-corrected chi connectivity index (χ3v) is 5.41. The highest BCUT2D eigenvalue weighted by atomic mass is 16.3. The van der Waals surface area contributed by atoms with Crippen LogP contribution in [0.2, 0.25) is 0 Å². The molecule has 23 heavy (non-hydrogen) atoms. The van der Waals surface area contributed by atoms with Gasteiger partial charge in [-0.2, -0.15) is 0 Å². The minimum atomic E-state index is -0.644. The van der Waals surface area contributed by atoms with E-state index in [4.69, 9.17) is 0 Å². The van der Waals surface area contributed by atoms with Crippen molar-refractivity contribution >= 4 is 16.8 Å². The van der Waals surface area contributed by atoms with Crippen molar-refractivity contribution in [1.82, 2.24) is 10.3 Å². The van der Waals surface area contributed by atoms with Gasteiger partial charge in [0.1, 0.15) is 5.69 Å². The zero-order valence-corrected chi connectivity index (χ0v) is 12.7. The standard InChI is InChI=1S/C18H20N2O3/c21-16-11-7-12(13(8-11)17(16)22)9-19-18(23)15-6-5-10-3-1-2-4-14(10)20-15/h1-6,11-13,16-17,21-22H,7-9H2,(H,19,23)/t11-,12-,13-,16+,17-/m1/s1. The van der Waals surface area contributed by atoms with Gasteiger partial charge in [-0.1, -0.05) is 24.3 Å². The largest absolute Gasteiger partial charge is 0.390 e. The lowest BCUT2D eigenvalue weighted by molar-refractivity contribution is -0.0332. The number of para-hydroxylation sites is 1. The molecular formula is C18H20N2O3. The Balaban J connectivity index is 1.42. The number of aromatic nitrogens is 1. The van der Waals surface area contributed by atoms with E-state index in [1.54, 1.807) is 6.07 Å². The zero-order chi connectivity index (χ0) is 16.0. The van der Waals surface area contributed by atoms with Gasteiger partial charge in [-0.15, -0.1) is 0 Å². The van der Waals surface area contributed by atoms with Gasteiger partial charge in [-0.3, -0.25) is 4.79 Å². The van der Waals surface area contributed by atoms with Gasteiger partial charge < -0.3 is 15.5 Å². The fourth-order valence-corrected chi connectivity index (χ4v) is 4.17. The Labute approximate surface area is 134 Å². The molecule has 0 unspecified atom stereocenters. The number of carbonyl (C=O) groups excluding carboxylic acids is 1. The summed E-state index contributed by atoms with van der Waals surface area (Å²) in [7, 11) is 0. The molecule has 2 saturated carbocycles. The molecule has 2 bridgehead atoms. The highest BCUT2D eigenvalue weighted by molar-refractivity contribution is 5.94. The van der Waals surface area contributed by atoms with Gasteiger partial charge in [-0.05, 0) is 42.7 Å². The third-order valence-electron chi connectivity index (χ3n) is 5.41. The molecule has 0 saturated heterocycles. The number of aliphatic hydroxyl groups excluding tert-OH is 2. The van der Waals surface area contributed by atoms with Gasteiger partial charge in [0, 0.05) is 11.9 Å². The first-order chi connectivity index (χ1) is 11.1. The Kier molecular flexibility index (Phi) is 3.54. The molecule has 0 radical (unpaired) electrons. The molecule has 120 valence electrons. The summed E-state index contributed by atoms with van der Waals surface area (Å²) in [5.41, 5.74) is 1.21. The topological polar surface area (TPSA) is 82.5 Å². The predicted molar refractivity (Wildman–Crippen MR) is 85.8 cm³/mol. The molecule has 5 heteroatoms. The molecule has 0 spiro atoms. The van der Waals surface area contributed by atoms with Crippen molar-refractivity contribution in [2.45, 2.75) is 25.0 Å². The van der Waals surface area contributed by atoms with E-state index >= 15 is 0 Å². The maximum absolute atomic E-state index is 12.3. The van der Waals surface area contributed by atoms with Crippen molar-refractivity contribution < 1.29 is 15.0 Å². The summed E-state index contributed by atoms with van der Waals surface area (Å²) in [4.78, 5) is 16.7. The summed E-state index contributed by atoms with van der Waals surface area (Å²) in [5.74, 6) is 0.326. The van der Waals surface area contributed by atoms with E-state index in [0.717, 1.165) is 23.7 Å². The number of fused-ring (bicyclic) bond motifs is 3. The number of nitrogens with one attached hydrogen (secondary N) is 1. The van der Waals surface area contributed by atoms with Crippen molar-refractivity contribution in [3.05, 3.63) is 42.1 Å². The normalized spacial score (nSPS) is 32.3. The van der Waals surface area contributed by atoms with Crippen LogP contribution in [0.4, 0.5) is 0 Å². The second-order valence-corrected chi connectivity index (χ2v) is 6.74. The van der Waals surface area contributed by atoms with Gasteiger partial charge in [0.15, 0.2) is 0 Å². The lowest BCUT2D eigenvalue weighted by Gasteiger charge is -2.29. The second-order valence-electron chi connectivity index (χ2n) is 6.74. The number of benzene rings is 1. The predicted octanol–water partition coefficient (Wildman–Crippen LogP) is 1.34. The third kappa shape index (κ3) is 2.50. The van der Waals surface area contributed by atoms with Crippen LogP contribution in [0.5, 0.6) is 0 Å². The van der Waals surface area contributed by atoms with Gasteiger partial charge in [-0.25, -0.2) is 4.98 Å². The molecule has 1 amide bonds. The Bertz CT molecular complexity index is 746. The van der Waals surface area contributed by atoms with Crippen LogP contribution in [0.25, 0.3) is 10.9 Å². The molecule has 4 rings (SSSR count). The van der Waals surface area contributed by atoms with Crippen molar-refractivity contribution in [3.63, 3.8) is 0 Å². The molecule has 5 nitrogen and oxygen atoms in total. The number of hydrogen-bond donors (Lipinski definition) is 3. The smallest absolute Gasteiger partial charge is 0.269 e. The minimum absolute atomic E-state index is 0.0971. The van der Waals surface area contributed by atoms with Gasteiger partial charge in [0.05, 0.1) is 17.7 Å². The van der Waals surface area contributed by atoms with Gasteiger partial charge in [0.2, 0.25) is 0 Å². The fraction of sp³-hybridized carbons (Fsp3) is 0.444. The Hall–Kier alpha value is -1.98. The van der Waals surface area contributed by atoms with Crippen molar-refractivity contribution in [2.75, 3.05) is 6.54 Å². The van der Waals surface area contributed by atoms with E-state index in [1.807, 2.05) is 30.3 Å². The summed E-state index contributed by atoms with van der Waals surface area (Å²) in [6, 6.07) is 11.3. The lowest BCUT2D eigenvalue weighted by Crippen LogP contribution is -2.41. The summed E-state index contributed by atoms with van der Waals surface area (Å²) >= 11 is 0. The molecule has 2 aliphatic carbocycles. The number of pyridine rings is 1. The summed E-state index contributed by atoms with van der Waals surface area (Å²) in [6.07, 6.45) is 0.495. The number of aliphatic hydroxyl groups is 2. The second kappa shape index (κ2) is 5.58. The zero-order valence-electron chi connectivity index (χ0n) is 12.7. The molecule has 2 aromatic rings. The molecule has 1 heterocycles. The monoisotopic (exact) mass is 312 g/mol. The SMILES string of the molecule is O=C(NC[C@H]1C[C@@H]2C[C@H]1[C@@H](O)[C@H]2O)c1ccc2ccccc2n1. The van der Waals surface area contributed by atoms with E-state index in [9.17, 15) is 15.0 Å². The van der Waals surface area contributed by atoms with Gasteiger partial charge >= 0.3 is 0 Å². The maximum atomic E-state index is 12.3. The highest BCUT2D eigenvalue weighted by Gasteiger charge is 2.51. The van der Waals surface area contributed by atoms with E-state index in [1.165, 1.54) is 0 Å². The van der Waals surface area contributed by atoms with Crippen LogP contribution < -0.4 is 5.32 Å². The molecular weight excluding hydrogens is 292 g/mol. The quantitative estimate of drug-likeness (QED) is 0.799. The highest BCUT2D eigenvalue weighted by Crippen LogP contribution is 2.48. The van der Waals surface area contributed by atoms with E-state index in [2.05, 4.69) is 10.3 Å². The Morgan fingerprint density at radius 1 is 1.13 bits per heavy atom. The van der Waals surface area contributed by atoms with Crippen LogP contribution >= 0.6 is 0 Å². The first-order valence-corrected chi connectivity index (χ1v) is 8.13. The first-order valence-electron chi connectivity index (χ1n) is 8.13. The molecule has 2 aliphatic rings. The molecule has 0 aliphatic heterocycles. The summed E-state index contributed by atoms with van der Waals surface area (Å²) < 4.78 is 0. The maximum Gasteiger partial charge on any atom is 0.269 e. The Morgan fingerprint density at radius 2 is 1.96 bits per heavy atom. The molecule has 1 aromatic heterocycles. The van der Waals surface area contributed by atoms with E-state index in [-0.39, 0.29) is 23.7 Å². The molecule has 5 atom stereocenters. The Morgan fingerprint density at radius 3 is 2.74 bits per heavy atom. The van der Waals surface area contributed by atoms with E-state index in [0.29, 0.717) is 12.2 Å². The number of amides is 1. The average molecular weight is 312 g/mol. The number of carbonyl (C=O) groups is 1. The van der Waals surface area contributed by atoms with Crippen LogP contribution in [0, 0.1) is 17.8 Å². The van der Waals surface area contributed by atoms with Gasteiger partial charge in [0.25, 0.3) is 5.91 Å². The summed E-state index contributed by atoms with van der Waals surface area (Å²) in [6.45, 7) is 0.526. The summed E-state index contributed by atoms with van der Waals surface area (Å²) in [5, 5.41) is 23.7. The lowest BCUT2D eigenvalue weighted by atomic mass is 9.85. The van der Waals surface area contributed by atoms with Crippen LogP contribution in [-0.2, 0) is 0 Å². The average Bonchev–Trinajstić information content (AvgIpc) is 3.12. The van der Waals surface area contributed by atoms with Crippen LogP contribution in [0.15, 0.2) is 36.4 Å². The first kappa shape index (κ1) is 14.6. The number of rotatable bonds is 3. The van der Waals surface area contributed by atoms with Crippen molar-refractivity contribution in [2.24, 2.45) is 17.8 Å². The molecule has 2 fully saturated rings. The molecule has 3 N–H and O–H groups in total. The minimum Gasteiger partial charge on any atom is -0.390 e. The van der Waals surface area contributed by atoms with Crippen molar-refractivity contribution in [1.29, 1.82) is 0 Å². The van der Waals surface area contributed by atoms with Crippen LogP contribution in [0.3, 0.4) is 0 Å². The van der Waals surface area contributed by atoms with Crippen LogP contribution in [0.1, 0.15) is 23.3 Å². The van der Waals surface area contributed by atoms with E-state index < -0.39 is 12.2 Å². The van der Waals surface area contributed by atoms with Crippen LogP contribution in [-0.4, -0.2) is 39.9 Å². The fourth-order valence-electron chi connectivity index (χ4n) is 4.17.